The topological polar surface area (TPSA) is 26.0 Å². The Kier molecular flexibility index (Phi) is 5.31. The maximum atomic E-state index is 6.17. The zero-order chi connectivity index (χ0) is 12.6. The lowest BCUT2D eigenvalue weighted by Crippen LogP contribution is -2.10. The van der Waals surface area contributed by atoms with Crippen LogP contribution in [0.3, 0.4) is 0 Å². The molecule has 0 saturated heterocycles. The molecule has 2 aromatic rings. The van der Waals surface area contributed by atoms with Crippen LogP contribution < -0.4 is 5.73 Å². The molecule has 0 radical (unpaired) electrons. The van der Waals surface area contributed by atoms with Crippen LogP contribution in [0.15, 0.2) is 65.6 Å². The van der Waals surface area contributed by atoms with Crippen LogP contribution in [-0.2, 0) is 0 Å². The standard InChI is InChI=1S/C16H19NS/c17-16(14-8-3-1-4-9-14)12-7-13-18-15-10-5-2-6-11-15/h1-6,8-11,16H,7,12-13,17H2. The zero-order valence-corrected chi connectivity index (χ0v) is 11.3. The summed E-state index contributed by atoms with van der Waals surface area (Å²) >= 11 is 1.90. The fraction of sp³-hybridized carbons (Fsp3) is 0.250. The van der Waals surface area contributed by atoms with Crippen LogP contribution in [0.4, 0.5) is 0 Å². The number of hydrogen-bond donors (Lipinski definition) is 1. The van der Waals surface area contributed by atoms with Crippen molar-refractivity contribution in [1.29, 1.82) is 0 Å². The second-order valence-electron chi connectivity index (χ2n) is 4.32. The van der Waals surface area contributed by atoms with E-state index in [0.29, 0.717) is 0 Å². The first kappa shape index (κ1) is 13.2. The third-order valence-electron chi connectivity index (χ3n) is 2.90. The minimum Gasteiger partial charge on any atom is -0.324 e. The monoisotopic (exact) mass is 257 g/mol. The molecule has 0 aromatic heterocycles. The summed E-state index contributed by atoms with van der Waals surface area (Å²) in [6.07, 6.45) is 2.19. The highest BCUT2D eigenvalue weighted by molar-refractivity contribution is 7.99. The molecule has 1 unspecified atom stereocenters. The molecule has 2 aromatic carbocycles. The summed E-state index contributed by atoms with van der Waals surface area (Å²) in [7, 11) is 0. The van der Waals surface area contributed by atoms with Gasteiger partial charge in [-0.05, 0) is 36.3 Å². The molecular weight excluding hydrogens is 238 g/mol. The molecule has 0 bridgehead atoms. The largest absolute Gasteiger partial charge is 0.324 e. The van der Waals surface area contributed by atoms with Crippen LogP contribution in [0.1, 0.15) is 24.4 Å². The first-order valence-electron chi connectivity index (χ1n) is 6.34. The van der Waals surface area contributed by atoms with Crippen molar-refractivity contribution in [2.75, 3.05) is 5.75 Å². The van der Waals surface area contributed by atoms with Gasteiger partial charge in [0, 0.05) is 10.9 Å². The van der Waals surface area contributed by atoms with E-state index in [4.69, 9.17) is 5.73 Å². The highest BCUT2D eigenvalue weighted by Crippen LogP contribution is 2.21. The van der Waals surface area contributed by atoms with Gasteiger partial charge in [-0.2, -0.15) is 0 Å². The average molecular weight is 257 g/mol. The molecular formula is C16H19NS. The van der Waals surface area contributed by atoms with Crippen molar-refractivity contribution in [1.82, 2.24) is 0 Å². The normalized spacial score (nSPS) is 12.3. The molecule has 18 heavy (non-hydrogen) atoms. The fourth-order valence-electron chi connectivity index (χ4n) is 1.88. The molecule has 0 spiro atoms. The summed E-state index contributed by atoms with van der Waals surface area (Å²) < 4.78 is 0. The fourth-order valence-corrected chi connectivity index (χ4v) is 2.77. The minimum absolute atomic E-state index is 0.169. The van der Waals surface area contributed by atoms with Gasteiger partial charge < -0.3 is 5.73 Å². The molecule has 94 valence electrons. The van der Waals surface area contributed by atoms with Gasteiger partial charge in [-0.1, -0.05) is 48.5 Å². The van der Waals surface area contributed by atoms with Gasteiger partial charge in [0.1, 0.15) is 0 Å². The maximum Gasteiger partial charge on any atom is 0.0295 e. The summed E-state index contributed by atoms with van der Waals surface area (Å²) in [4.78, 5) is 1.34. The Morgan fingerprint density at radius 3 is 2.17 bits per heavy atom. The van der Waals surface area contributed by atoms with Gasteiger partial charge in [-0.3, -0.25) is 0 Å². The molecule has 2 rings (SSSR count). The summed E-state index contributed by atoms with van der Waals surface area (Å²) in [5, 5.41) is 0. The first-order valence-corrected chi connectivity index (χ1v) is 7.33. The Morgan fingerprint density at radius 2 is 1.50 bits per heavy atom. The van der Waals surface area contributed by atoms with E-state index in [1.165, 1.54) is 10.5 Å². The van der Waals surface area contributed by atoms with E-state index in [1.54, 1.807) is 0 Å². The summed E-state index contributed by atoms with van der Waals surface area (Å²) in [6, 6.07) is 21.0. The van der Waals surface area contributed by atoms with Crippen LogP contribution in [0.25, 0.3) is 0 Å². The van der Waals surface area contributed by atoms with Gasteiger partial charge in [0.2, 0.25) is 0 Å². The number of rotatable bonds is 6. The van der Waals surface area contributed by atoms with Crippen molar-refractivity contribution in [3.8, 4) is 0 Å². The lowest BCUT2D eigenvalue weighted by Gasteiger charge is -2.11. The van der Waals surface area contributed by atoms with Crippen molar-refractivity contribution in [3.05, 3.63) is 66.2 Å². The Hall–Kier alpha value is -1.25. The van der Waals surface area contributed by atoms with Crippen molar-refractivity contribution in [2.45, 2.75) is 23.8 Å². The lowest BCUT2D eigenvalue weighted by molar-refractivity contribution is 0.642. The molecule has 2 heteroatoms. The molecule has 1 atom stereocenters. The van der Waals surface area contributed by atoms with Gasteiger partial charge in [-0.25, -0.2) is 0 Å². The second-order valence-corrected chi connectivity index (χ2v) is 5.49. The molecule has 1 nitrogen and oxygen atoms in total. The van der Waals surface area contributed by atoms with Gasteiger partial charge >= 0.3 is 0 Å². The zero-order valence-electron chi connectivity index (χ0n) is 10.5. The molecule has 0 aliphatic rings. The Morgan fingerprint density at radius 1 is 0.889 bits per heavy atom. The molecule has 0 heterocycles. The minimum atomic E-state index is 0.169. The molecule has 0 aliphatic heterocycles. The highest BCUT2D eigenvalue weighted by Gasteiger charge is 2.04. The molecule has 0 aliphatic carbocycles. The Balaban J connectivity index is 1.70. The predicted molar refractivity (Wildman–Crippen MR) is 79.8 cm³/mol. The van der Waals surface area contributed by atoms with E-state index in [0.717, 1.165) is 18.6 Å². The second kappa shape index (κ2) is 7.24. The highest BCUT2D eigenvalue weighted by atomic mass is 32.2. The van der Waals surface area contributed by atoms with Crippen LogP contribution in [0.5, 0.6) is 0 Å². The quantitative estimate of drug-likeness (QED) is 0.618. The van der Waals surface area contributed by atoms with E-state index in [9.17, 15) is 0 Å². The van der Waals surface area contributed by atoms with Crippen molar-refractivity contribution >= 4 is 11.8 Å². The molecule has 2 N–H and O–H groups in total. The third-order valence-corrected chi connectivity index (χ3v) is 4.00. The van der Waals surface area contributed by atoms with Crippen molar-refractivity contribution < 1.29 is 0 Å². The average Bonchev–Trinajstić information content (AvgIpc) is 2.45. The van der Waals surface area contributed by atoms with Crippen LogP contribution in [0, 0.1) is 0 Å². The van der Waals surface area contributed by atoms with Crippen LogP contribution >= 0.6 is 11.8 Å². The van der Waals surface area contributed by atoms with Crippen molar-refractivity contribution in [2.24, 2.45) is 5.73 Å². The lowest BCUT2D eigenvalue weighted by atomic mass is 10.0. The summed E-state index contributed by atoms with van der Waals surface area (Å²) in [6.45, 7) is 0. The van der Waals surface area contributed by atoms with Crippen LogP contribution in [0.2, 0.25) is 0 Å². The molecule has 0 fully saturated rings. The molecule has 0 amide bonds. The maximum absolute atomic E-state index is 6.17. The van der Waals surface area contributed by atoms with Crippen LogP contribution in [-0.4, -0.2) is 5.75 Å². The van der Waals surface area contributed by atoms with E-state index < -0.39 is 0 Å². The van der Waals surface area contributed by atoms with E-state index >= 15 is 0 Å². The smallest absolute Gasteiger partial charge is 0.0295 e. The number of benzene rings is 2. The van der Waals surface area contributed by atoms with E-state index in [-0.39, 0.29) is 6.04 Å². The first-order chi connectivity index (χ1) is 8.86. The Bertz CT molecular complexity index is 441. The predicted octanol–water partition coefficient (Wildman–Crippen LogP) is 4.26. The van der Waals surface area contributed by atoms with Gasteiger partial charge in [0.15, 0.2) is 0 Å². The van der Waals surface area contributed by atoms with E-state index in [2.05, 4.69) is 42.5 Å². The third kappa shape index (κ3) is 4.21. The van der Waals surface area contributed by atoms with Crippen molar-refractivity contribution in [3.63, 3.8) is 0 Å². The van der Waals surface area contributed by atoms with Gasteiger partial charge in [-0.15, -0.1) is 11.8 Å². The number of thioether (sulfide) groups is 1. The van der Waals surface area contributed by atoms with E-state index in [1.807, 2.05) is 30.0 Å². The molecule has 0 saturated carbocycles. The Labute approximate surface area is 113 Å². The number of nitrogens with two attached hydrogens (primary N) is 1. The van der Waals surface area contributed by atoms with Gasteiger partial charge in [0.05, 0.1) is 0 Å². The summed E-state index contributed by atoms with van der Waals surface area (Å²) in [5.41, 5.74) is 7.40. The summed E-state index contributed by atoms with van der Waals surface area (Å²) in [5.74, 6) is 1.13. The van der Waals surface area contributed by atoms with Gasteiger partial charge in [0.25, 0.3) is 0 Å². The number of hydrogen-bond acceptors (Lipinski definition) is 2. The SMILES string of the molecule is NC(CCCSc1ccccc1)c1ccccc1.